The molecule has 4 heteroatoms. The Morgan fingerprint density at radius 1 is 1.26 bits per heavy atom. The van der Waals surface area contributed by atoms with Crippen molar-refractivity contribution in [1.82, 2.24) is 14.7 Å². The van der Waals surface area contributed by atoms with Crippen LogP contribution < -0.4 is 0 Å². The van der Waals surface area contributed by atoms with Crippen molar-refractivity contribution in [1.29, 1.82) is 0 Å². The minimum absolute atomic E-state index is 0.544. The van der Waals surface area contributed by atoms with Crippen LogP contribution in [0, 0.1) is 0 Å². The molecule has 1 rings (SSSR count). The van der Waals surface area contributed by atoms with E-state index in [9.17, 15) is 0 Å². The molecule has 0 saturated heterocycles. The lowest BCUT2D eigenvalue weighted by molar-refractivity contribution is 0.311. The molecule has 0 radical (unpaired) electrons. The van der Waals surface area contributed by atoms with Crippen molar-refractivity contribution in [2.45, 2.75) is 58.5 Å². The lowest BCUT2D eigenvalue weighted by Crippen LogP contribution is -2.19. The highest BCUT2D eigenvalue weighted by molar-refractivity contribution is 6.17. The Hall–Kier alpha value is -0.540. The molecule has 0 N–H and O–H groups in total. The molecule has 0 amide bonds. The molecule has 1 aromatic heterocycles. The van der Waals surface area contributed by atoms with E-state index in [1.807, 2.05) is 0 Å². The number of nitrogens with zero attached hydrogens (tertiary/aromatic N) is 3. The van der Waals surface area contributed by atoms with Crippen molar-refractivity contribution in [2.75, 3.05) is 19.5 Å². The molecule has 0 atom stereocenters. The van der Waals surface area contributed by atoms with Crippen LogP contribution in [0.25, 0.3) is 0 Å². The average Bonchev–Trinajstić information content (AvgIpc) is 2.84. The van der Waals surface area contributed by atoms with Crippen LogP contribution in [-0.4, -0.2) is 34.2 Å². The van der Waals surface area contributed by atoms with Crippen LogP contribution in [0.1, 0.15) is 57.7 Å². The van der Waals surface area contributed by atoms with Crippen LogP contribution in [0.4, 0.5) is 0 Å². The quantitative estimate of drug-likeness (QED) is 0.477. The van der Waals surface area contributed by atoms with Gasteiger partial charge in [-0.25, -0.2) is 0 Å². The summed E-state index contributed by atoms with van der Waals surface area (Å²) in [4.78, 5) is 2.34. The number of alkyl halides is 1. The lowest BCUT2D eigenvalue weighted by Gasteiger charge is -2.15. The van der Waals surface area contributed by atoms with Gasteiger partial charge in [-0.2, -0.15) is 5.10 Å². The highest BCUT2D eigenvalue weighted by atomic mass is 35.5. The first-order valence-corrected chi connectivity index (χ1v) is 8.03. The fourth-order valence-electron chi connectivity index (χ4n) is 2.34. The summed E-state index contributed by atoms with van der Waals surface area (Å²) < 4.78 is 2.12. The third kappa shape index (κ3) is 5.96. The van der Waals surface area contributed by atoms with E-state index in [1.165, 1.54) is 18.5 Å². The van der Waals surface area contributed by atoms with Crippen LogP contribution in [-0.2, 0) is 6.54 Å². The van der Waals surface area contributed by atoms with E-state index in [0.29, 0.717) is 6.04 Å². The number of unbranched alkanes of at least 4 members (excludes halogenated alkanes) is 2. The maximum absolute atomic E-state index is 5.68. The zero-order chi connectivity index (χ0) is 14.1. The van der Waals surface area contributed by atoms with Gasteiger partial charge < -0.3 is 4.90 Å². The van der Waals surface area contributed by atoms with E-state index in [2.05, 4.69) is 42.7 Å². The van der Waals surface area contributed by atoms with Gasteiger partial charge in [0.05, 0.1) is 11.7 Å². The molecule has 3 nitrogen and oxygen atoms in total. The second-order valence-corrected chi connectivity index (χ2v) is 5.62. The zero-order valence-corrected chi connectivity index (χ0v) is 13.4. The third-order valence-electron chi connectivity index (χ3n) is 3.59. The fourth-order valence-corrected chi connectivity index (χ4v) is 2.53. The average molecular weight is 286 g/mol. The molecule has 0 fully saturated rings. The van der Waals surface area contributed by atoms with Gasteiger partial charge in [0.25, 0.3) is 0 Å². The Kier molecular flexibility index (Phi) is 8.15. The minimum atomic E-state index is 0.544. The molecule has 19 heavy (non-hydrogen) atoms. The number of aromatic nitrogens is 2. The van der Waals surface area contributed by atoms with Gasteiger partial charge in [0.15, 0.2) is 0 Å². The normalized spacial score (nSPS) is 11.7. The van der Waals surface area contributed by atoms with Crippen molar-refractivity contribution >= 4 is 11.6 Å². The number of rotatable bonds is 10. The molecule has 0 saturated carbocycles. The van der Waals surface area contributed by atoms with E-state index < -0.39 is 0 Å². The first kappa shape index (κ1) is 16.5. The summed E-state index contributed by atoms with van der Waals surface area (Å²) in [5.41, 5.74) is 1.17. The van der Waals surface area contributed by atoms with Gasteiger partial charge in [-0.05, 0) is 45.3 Å². The van der Waals surface area contributed by atoms with Crippen LogP contribution in [0.3, 0.4) is 0 Å². The molecule has 0 aliphatic heterocycles. The van der Waals surface area contributed by atoms with Crippen LogP contribution in [0.2, 0.25) is 0 Å². The summed E-state index contributed by atoms with van der Waals surface area (Å²) in [5.74, 6) is 0.781. The molecule has 1 heterocycles. The summed E-state index contributed by atoms with van der Waals surface area (Å²) in [6, 6.07) is 2.69. The molecule has 0 aliphatic rings. The van der Waals surface area contributed by atoms with Crippen molar-refractivity contribution in [2.24, 2.45) is 0 Å². The van der Waals surface area contributed by atoms with E-state index in [0.717, 1.165) is 38.2 Å². The van der Waals surface area contributed by atoms with Crippen molar-refractivity contribution in [3.05, 3.63) is 18.0 Å². The smallest absolute Gasteiger partial charge is 0.0764 e. The van der Waals surface area contributed by atoms with Crippen LogP contribution in [0.5, 0.6) is 0 Å². The SMILES string of the molecule is CCC(CC)n1ccc(CN(C)CCCCCCl)n1. The van der Waals surface area contributed by atoms with E-state index in [1.54, 1.807) is 0 Å². The van der Waals surface area contributed by atoms with E-state index in [4.69, 9.17) is 16.7 Å². The third-order valence-corrected chi connectivity index (χ3v) is 3.85. The second-order valence-electron chi connectivity index (χ2n) is 5.24. The van der Waals surface area contributed by atoms with Gasteiger partial charge in [0.1, 0.15) is 0 Å². The largest absolute Gasteiger partial charge is 0.300 e. The summed E-state index contributed by atoms with van der Waals surface area (Å²) in [5, 5.41) is 4.69. The maximum atomic E-state index is 5.68. The van der Waals surface area contributed by atoms with Crippen molar-refractivity contribution in [3.63, 3.8) is 0 Å². The maximum Gasteiger partial charge on any atom is 0.0764 e. The Bertz CT molecular complexity index is 334. The first-order chi connectivity index (χ1) is 9.21. The van der Waals surface area contributed by atoms with E-state index >= 15 is 0 Å². The molecule has 0 aliphatic carbocycles. The molecular formula is C15H28ClN3. The van der Waals surface area contributed by atoms with Gasteiger partial charge in [-0.1, -0.05) is 20.3 Å². The second kappa shape index (κ2) is 9.38. The van der Waals surface area contributed by atoms with Crippen molar-refractivity contribution in [3.8, 4) is 0 Å². The highest BCUT2D eigenvalue weighted by Crippen LogP contribution is 2.15. The summed E-state index contributed by atoms with van der Waals surface area (Å²) in [6.07, 6.45) is 7.97. The fraction of sp³-hybridized carbons (Fsp3) is 0.800. The van der Waals surface area contributed by atoms with Gasteiger partial charge >= 0.3 is 0 Å². The Balaban J connectivity index is 2.36. The van der Waals surface area contributed by atoms with Crippen molar-refractivity contribution < 1.29 is 0 Å². The van der Waals surface area contributed by atoms with Gasteiger partial charge in [-0.3, -0.25) is 4.68 Å². The molecule has 1 aromatic rings. The van der Waals surface area contributed by atoms with Gasteiger partial charge in [0, 0.05) is 18.6 Å². The predicted octanol–water partition coefficient (Wildman–Crippen LogP) is 4.09. The Morgan fingerprint density at radius 2 is 2.00 bits per heavy atom. The number of hydrogen-bond donors (Lipinski definition) is 0. The van der Waals surface area contributed by atoms with Gasteiger partial charge in [-0.15, -0.1) is 11.6 Å². The van der Waals surface area contributed by atoms with E-state index in [-0.39, 0.29) is 0 Å². The predicted molar refractivity (Wildman–Crippen MR) is 82.8 cm³/mol. The standard InChI is InChI=1S/C15H28ClN3/c1-4-15(5-2)19-12-9-14(17-19)13-18(3)11-8-6-7-10-16/h9,12,15H,4-8,10-11,13H2,1-3H3. The summed E-state index contributed by atoms with van der Waals surface area (Å²) >= 11 is 5.68. The molecular weight excluding hydrogens is 258 g/mol. The summed E-state index contributed by atoms with van der Waals surface area (Å²) in [6.45, 7) is 6.50. The highest BCUT2D eigenvalue weighted by Gasteiger charge is 2.09. The molecule has 0 spiro atoms. The Labute approximate surface area is 122 Å². The summed E-state index contributed by atoms with van der Waals surface area (Å²) in [7, 11) is 2.16. The molecule has 110 valence electrons. The Morgan fingerprint density at radius 3 is 2.63 bits per heavy atom. The zero-order valence-electron chi connectivity index (χ0n) is 12.6. The molecule has 0 aromatic carbocycles. The number of hydrogen-bond acceptors (Lipinski definition) is 2. The van der Waals surface area contributed by atoms with Crippen LogP contribution >= 0.6 is 11.6 Å². The monoisotopic (exact) mass is 285 g/mol. The first-order valence-electron chi connectivity index (χ1n) is 7.49. The lowest BCUT2D eigenvalue weighted by atomic mass is 10.2. The minimum Gasteiger partial charge on any atom is -0.300 e. The van der Waals surface area contributed by atoms with Gasteiger partial charge in [0.2, 0.25) is 0 Å². The molecule has 0 bridgehead atoms. The molecule has 0 unspecified atom stereocenters. The van der Waals surface area contributed by atoms with Crippen LogP contribution in [0.15, 0.2) is 12.3 Å². The number of halogens is 1. The topological polar surface area (TPSA) is 21.1 Å².